The van der Waals surface area contributed by atoms with E-state index in [9.17, 15) is 0 Å². The third-order valence-electron chi connectivity index (χ3n) is 3.01. The minimum Gasteiger partial charge on any atom is -0.309 e. The molecule has 0 bridgehead atoms. The fourth-order valence-corrected chi connectivity index (χ4v) is 3.26. The maximum Gasteiger partial charge on any atom is 0.0548 e. The van der Waals surface area contributed by atoms with Gasteiger partial charge in [0.25, 0.3) is 0 Å². The number of benzene rings is 1. The summed E-state index contributed by atoms with van der Waals surface area (Å²) in [6.45, 7) is 0.990. The van der Waals surface area contributed by atoms with Crippen molar-refractivity contribution in [3.8, 4) is 10.4 Å². The van der Waals surface area contributed by atoms with Gasteiger partial charge in [0, 0.05) is 26.8 Å². The summed E-state index contributed by atoms with van der Waals surface area (Å²) in [6, 6.07) is 11.2. The highest BCUT2D eigenvalue weighted by Crippen LogP contribution is 2.33. The molecule has 94 valence electrons. The summed E-state index contributed by atoms with van der Waals surface area (Å²) in [5.41, 5.74) is 1.22. The Labute approximate surface area is 124 Å². The van der Waals surface area contributed by atoms with Gasteiger partial charge in [0.05, 0.1) is 5.02 Å². The van der Waals surface area contributed by atoms with E-state index in [4.69, 9.17) is 11.6 Å². The summed E-state index contributed by atoms with van der Waals surface area (Å²) in [5, 5.41) is 4.29. The smallest absolute Gasteiger partial charge is 0.0548 e. The zero-order chi connectivity index (χ0) is 12.5. The molecule has 1 aliphatic rings. The highest BCUT2D eigenvalue weighted by molar-refractivity contribution is 9.10. The molecule has 1 aliphatic carbocycles. The van der Waals surface area contributed by atoms with E-state index in [2.05, 4.69) is 45.5 Å². The molecule has 1 nitrogen and oxygen atoms in total. The molecular weight excluding hydrogens is 330 g/mol. The van der Waals surface area contributed by atoms with E-state index >= 15 is 0 Å². The van der Waals surface area contributed by atoms with Crippen LogP contribution in [0.3, 0.4) is 0 Å². The van der Waals surface area contributed by atoms with Crippen LogP contribution in [-0.2, 0) is 6.54 Å². The van der Waals surface area contributed by atoms with Crippen molar-refractivity contribution in [3.05, 3.63) is 44.7 Å². The molecule has 1 aromatic heterocycles. The topological polar surface area (TPSA) is 12.0 Å². The maximum absolute atomic E-state index is 6.01. The molecule has 4 heteroatoms. The minimum absolute atomic E-state index is 0.755. The Morgan fingerprint density at radius 3 is 2.83 bits per heavy atom. The maximum atomic E-state index is 6.01. The number of halogens is 2. The van der Waals surface area contributed by atoms with Crippen molar-refractivity contribution in [3.63, 3.8) is 0 Å². The zero-order valence-electron chi connectivity index (χ0n) is 9.75. The van der Waals surface area contributed by atoms with E-state index in [0.717, 1.165) is 22.1 Å². The van der Waals surface area contributed by atoms with Gasteiger partial charge < -0.3 is 5.32 Å². The highest BCUT2D eigenvalue weighted by atomic mass is 79.9. The molecule has 1 N–H and O–H groups in total. The van der Waals surface area contributed by atoms with Crippen LogP contribution >= 0.6 is 38.9 Å². The van der Waals surface area contributed by atoms with E-state index < -0.39 is 0 Å². The molecule has 0 amide bonds. The van der Waals surface area contributed by atoms with E-state index in [1.807, 2.05) is 17.4 Å². The number of nitrogens with one attached hydrogen (secondary N) is 1. The fraction of sp³-hybridized carbons (Fsp3) is 0.286. The highest BCUT2D eigenvalue weighted by Gasteiger charge is 2.20. The molecule has 0 radical (unpaired) electrons. The van der Waals surface area contributed by atoms with Gasteiger partial charge in [0.15, 0.2) is 0 Å². The second-order valence-electron chi connectivity index (χ2n) is 4.55. The molecular formula is C14H13BrClNS. The summed E-state index contributed by atoms with van der Waals surface area (Å²) in [6.07, 6.45) is 2.67. The second kappa shape index (κ2) is 5.33. The first-order valence-corrected chi connectivity index (χ1v) is 7.98. The lowest BCUT2D eigenvalue weighted by molar-refractivity contribution is 0.695. The van der Waals surface area contributed by atoms with Crippen molar-refractivity contribution < 1.29 is 0 Å². The van der Waals surface area contributed by atoms with Crippen molar-refractivity contribution in [2.45, 2.75) is 25.4 Å². The summed E-state index contributed by atoms with van der Waals surface area (Å²) in [5.74, 6) is 0. The number of hydrogen-bond acceptors (Lipinski definition) is 2. The van der Waals surface area contributed by atoms with Crippen molar-refractivity contribution in [2.24, 2.45) is 0 Å². The predicted octanol–water partition coefficient (Wildman–Crippen LogP) is 5.08. The molecule has 0 aliphatic heterocycles. The molecule has 2 aromatic rings. The van der Waals surface area contributed by atoms with Gasteiger partial charge in [0.1, 0.15) is 0 Å². The van der Waals surface area contributed by atoms with E-state index in [1.165, 1.54) is 28.2 Å². The monoisotopic (exact) mass is 341 g/mol. The Morgan fingerprint density at radius 1 is 1.28 bits per heavy atom. The van der Waals surface area contributed by atoms with E-state index in [0.29, 0.717) is 0 Å². The molecule has 1 heterocycles. The van der Waals surface area contributed by atoms with Gasteiger partial charge in [-0.25, -0.2) is 0 Å². The summed E-state index contributed by atoms with van der Waals surface area (Å²) < 4.78 is 0.952. The van der Waals surface area contributed by atoms with Crippen LogP contribution < -0.4 is 5.32 Å². The second-order valence-corrected chi connectivity index (χ2v) is 6.98. The number of rotatable bonds is 4. The van der Waals surface area contributed by atoms with Crippen LogP contribution in [0.2, 0.25) is 5.02 Å². The third kappa shape index (κ3) is 2.97. The van der Waals surface area contributed by atoms with Gasteiger partial charge >= 0.3 is 0 Å². The zero-order valence-corrected chi connectivity index (χ0v) is 12.9. The van der Waals surface area contributed by atoms with E-state index in [1.54, 1.807) is 0 Å². The van der Waals surface area contributed by atoms with Gasteiger partial charge in [0.2, 0.25) is 0 Å². The summed E-state index contributed by atoms with van der Waals surface area (Å²) in [7, 11) is 0. The van der Waals surface area contributed by atoms with Crippen LogP contribution in [0.25, 0.3) is 10.4 Å². The number of hydrogen-bond donors (Lipinski definition) is 1. The Morgan fingerprint density at radius 2 is 2.11 bits per heavy atom. The fourth-order valence-electron chi connectivity index (χ4n) is 1.81. The van der Waals surface area contributed by atoms with Crippen LogP contribution in [-0.4, -0.2) is 6.04 Å². The molecule has 0 spiro atoms. The lowest BCUT2D eigenvalue weighted by atomic mass is 10.2. The van der Waals surface area contributed by atoms with Crippen molar-refractivity contribution in [1.82, 2.24) is 5.32 Å². The Bertz CT molecular complexity index is 563. The average Bonchev–Trinajstić information content (AvgIpc) is 3.08. The molecule has 0 saturated heterocycles. The van der Waals surface area contributed by atoms with Crippen LogP contribution in [0.4, 0.5) is 0 Å². The first-order valence-electron chi connectivity index (χ1n) is 6.00. The average molecular weight is 343 g/mol. The van der Waals surface area contributed by atoms with Gasteiger partial charge in [-0.1, -0.05) is 17.7 Å². The molecule has 1 aromatic carbocycles. The standard InChI is InChI=1S/C14H13BrClNS/c15-12-7-9(1-5-13(12)16)14-6-4-11(18-14)8-17-10-2-3-10/h1,4-7,10,17H,2-3,8H2. The quantitative estimate of drug-likeness (QED) is 0.816. The van der Waals surface area contributed by atoms with Crippen molar-refractivity contribution in [2.75, 3.05) is 0 Å². The summed E-state index contributed by atoms with van der Waals surface area (Å²) in [4.78, 5) is 2.68. The molecule has 3 rings (SSSR count). The Balaban J connectivity index is 1.76. The van der Waals surface area contributed by atoms with Crippen LogP contribution in [0, 0.1) is 0 Å². The van der Waals surface area contributed by atoms with Gasteiger partial charge in [-0.05, 0) is 58.6 Å². The molecule has 0 unspecified atom stereocenters. The number of thiophene rings is 1. The molecule has 1 fully saturated rings. The van der Waals surface area contributed by atoms with Crippen LogP contribution in [0.15, 0.2) is 34.8 Å². The normalized spacial score (nSPS) is 15.0. The van der Waals surface area contributed by atoms with Crippen molar-refractivity contribution in [1.29, 1.82) is 0 Å². The van der Waals surface area contributed by atoms with Gasteiger partial charge in [-0.15, -0.1) is 11.3 Å². The SMILES string of the molecule is Clc1ccc(-c2ccc(CNC3CC3)s2)cc1Br. The molecule has 0 atom stereocenters. The van der Waals surface area contributed by atoms with Gasteiger partial charge in [-0.2, -0.15) is 0 Å². The summed E-state index contributed by atoms with van der Waals surface area (Å²) >= 11 is 11.3. The van der Waals surface area contributed by atoms with Crippen molar-refractivity contribution >= 4 is 38.9 Å². The lowest BCUT2D eigenvalue weighted by Gasteiger charge is -2.01. The molecule has 1 saturated carbocycles. The predicted molar refractivity (Wildman–Crippen MR) is 82.3 cm³/mol. The van der Waals surface area contributed by atoms with Crippen LogP contribution in [0.1, 0.15) is 17.7 Å². The Kier molecular flexibility index (Phi) is 3.76. The molecule has 18 heavy (non-hydrogen) atoms. The minimum atomic E-state index is 0.755. The Hall–Kier alpha value is -0.350. The lowest BCUT2D eigenvalue weighted by Crippen LogP contribution is -2.14. The first-order chi connectivity index (χ1) is 8.72. The van der Waals surface area contributed by atoms with Crippen LogP contribution in [0.5, 0.6) is 0 Å². The van der Waals surface area contributed by atoms with E-state index in [-0.39, 0.29) is 0 Å². The van der Waals surface area contributed by atoms with Gasteiger partial charge in [-0.3, -0.25) is 0 Å². The largest absolute Gasteiger partial charge is 0.309 e. The third-order valence-corrected chi connectivity index (χ3v) is 5.36. The first kappa shape index (κ1) is 12.7.